The lowest BCUT2D eigenvalue weighted by atomic mass is 10.0. The average Bonchev–Trinajstić information content (AvgIpc) is 2.73. The van der Waals surface area contributed by atoms with Gasteiger partial charge in [-0.1, -0.05) is 29.8 Å². The molecule has 0 fully saturated rings. The van der Waals surface area contributed by atoms with Crippen LogP contribution in [-0.2, 0) is 12.8 Å². The molecule has 2 rings (SSSR count). The zero-order valence-electron chi connectivity index (χ0n) is 10.5. The van der Waals surface area contributed by atoms with Gasteiger partial charge in [0.15, 0.2) is 0 Å². The first kappa shape index (κ1) is 13.8. The number of thiophene rings is 1. The van der Waals surface area contributed by atoms with Crippen LogP contribution in [0, 0.1) is 6.92 Å². The van der Waals surface area contributed by atoms with Crippen LogP contribution < -0.4 is 5.73 Å². The van der Waals surface area contributed by atoms with Crippen LogP contribution in [0.25, 0.3) is 0 Å². The highest BCUT2D eigenvalue weighted by molar-refractivity contribution is 9.10. The van der Waals surface area contributed by atoms with Crippen LogP contribution in [0.3, 0.4) is 0 Å². The highest BCUT2D eigenvalue weighted by Gasteiger charge is 2.08. The summed E-state index contributed by atoms with van der Waals surface area (Å²) in [4.78, 5) is 1.35. The normalized spacial score (nSPS) is 12.6. The molecule has 1 unspecified atom stereocenters. The Morgan fingerprint density at radius 3 is 2.83 bits per heavy atom. The van der Waals surface area contributed by atoms with Gasteiger partial charge in [-0.2, -0.15) is 0 Å². The molecule has 18 heavy (non-hydrogen) atoms. The van der Waals surface area contributed by atoms with Crippen LogP contribution in [0.2, 0.25) is 0 Å². The summed E-state index contributed by atoms with van der Waals surface area (Å²) in [5.74, 6) is 0. The largest absolute Gasteiger partial charge is 0.327 e. The predicted octanol–water partition coefficient (Wildman–Crippen LogP) is 4.32. The maximum atomic E-state index is 6.21. The second-order valence-electron chi connectivity index (χ2n) is 4.68. The van der Waals surface area contributed by atoms with Crippen molar-refractivity contribution in [2.24, 2.45) is 5.73 Å². The molecule has 2 N–H and O–H groups in total. The molecule has 0 saturated heterocycles. The Balaban J connectivity index is 1.85. The van der Waals surface area contributed by atoms with Crippen LogP contribution in [-0.4, -0.2) is 6.04 Å². The number of benzene rings is 1. The average molecular weight is 324 g/mol. The molecule has 1 atom stereocenters. The monoisotopic (exact) mass is 323 g/mol. The number of hydrogen-bond acceptors (Lipinski definition) is 2. The van der Waals surface area contributed by atoms with E-state index in [0.29, 0.717) is 0 Å². The summed E-state index contributed by atoms with van der Waals surface area (Å²) < 4.78 is 1.19. The number of rotatable bonds is 5. The molecule has 1 heterocycles. The van der Waals surface area contributed by atoms with Crippen molar-refractivity contribution in [2.45, 2.75) is 32.2 Å². The molecule has 0 amide bonds. The zero-order valence-corrected chi connectivity index (χ0v) is 12.9. The standard InChI is InChI=1S/C15H18BrNS/c1-11-3-2-4-12(9-11)5-6-13(17)10-15-14(16)7-8-18-15/h2-4,7-9,13H,5-6,10,17H2,1H3. The van der Waals surface area contributed by atoms with E-state index >= 15 is 0 Å². The summed E-state index contributed by atoms with van der Waals surface area (Å²) in [7, 11) is 0. The SMILES string of the molecule is Cc1cccc(CCC(N)Cc2sccc2Br)c1. The van der Waals surface area contributed by atoms with Crippen LogP contribution in [0.1, 0.15) is 22.4 Å². The van der Waals surface area contributed by atoms with Crippen LogP contribution in [0.4, 0.5) is 0 Å². The van der Waals surface area contributed by atoms with Gasteiger partial charge in [-0.05, 0) is 59.1 Å². The molecule has 1 aromatic heterocycles. The summed E-state index contributed by atoms with van der Waals surface area (Å²) in [6, 6.07) is 11.0. The third kappa shape index (κ3) is 3.94. The van der Waals surface area contributed by atoms with Crippen molar-refractivity contribution in [2.75, 3.05) is 0 Å². The summed E-state index contributed by atoms with van der Waals surface area (Å²) >= 11 is 5.33. The number of hydrogen-bond donors (Lipinski definition) is 1. The van der Waals surface area contributed by atoms with Crippen molar-refractivity contribution in [1.29, 1.82) is 0 Å². The predicted molar refractivity (Wildman–Crippen MR) is 83.2 cm³/mol. The molecule has 0 bridgehead atoms. The Bertz CT molecular complexity index is 507. The van der Waals surface area contributed by atoms with Gasteiger partial charge < -0.3 is 5.73 Å². The second-order valence-corrected chi connectivity index (χ2v) is 6.54. The van der Waals surface area contributed by atoms with Gasteiger partial charge in [-0.3, -0.25) is 0 Å². The first-order valence-electron chi connectivity index (χ1n) is 6.18. The van der Waals surface area contributed by atoms with Gasteiger partial charge in [0.2, 0.25) is 0 Å². The van der Waals surface area contributed by atoms with Crippen LogP contribution in [0.15, 0.2) is 40.2 Å². The summed E-state index contributed by atoms with van der Waals surface area (Å²) in [6.07, 6.45) is 3.06. The van der Waals surface area contributed by atoms with Crippen molar-refractivity contribution in [3.8, 4) is 0 Å². The van der Waals surface area contributed by atoms with E-state index in [4.69, 9.17) is 5.73 Å². The number of halogens is 1. The van der Waals surface area contributed by atoms with Gasteiger partial charge in [0.1, 0.15) is 0 Å². The molecular formula is C15H18BrNS. The Morgan fingerprint density at radius 2 is 2.17 bits per heavy atom. The maximum absolute atomic E-state index is 6.21. The fourth-order valence-corrected chi connectivity index (χ4v) is 3.64. The highest BCUT2D eigenvalue weighted by atomic mass is 79.9. The molecule has 0 saturated carbocycles. The Kier molecular flexibility index (Phi) is 4.98. The van der Waals surface area contributed by atoms with E-state index in [1.165, 1.54) is 20.5 Å². The van der Waals surface area contributed by atoms with Gasteiger partial charge in [0, 0.05) is 15.4 Å². The quantitative estimate of drug-likeness (QED) is 0.871. The van der Waals surface area contributed by atoms with Crippen LogP contribution in [0.5, 0.6) is 0 Å². The first-order chi connectivity index (χ1) is 8.65. The van der Waals surface area contributed by atoms with Gasteiger partial charge >= 0.3 is 0 Å². The molecular weight excluding hydrogens is 306 g/mol. The third-order valence-electron chi connectivity index (χ3n) is 3.02. The Hall–Kier alpha value is -0.640. The highest BCUT2D eigenvalue weighted by Crippen LogP contribution is 2.24. The van der Waals surface area contributed by atoms with E-state index in [0.717, 1.165) is 19.3 Å². The molecule has 3 heteroatoms. The Labute approximate surface area is 121 Å². The molecule has 0 aliphatic heterocycles. The molecule has 0 aliphatic carbocycles. The van der Waals surface area contributed by atoms with E-state index in [1.54, 1.807) is 11.3 Å². The van der Waals surface area contributed by atoms with E-state index < -0.39 is 0 Å². The van der Waals surface area contributed by atoms with Crippen molar-refractivity contribution >= 4 is 27.3 Å². The molecule has 0 spiro atoms. The fourth-order valence-electron chi connectivity index (χ4n) is 2.03. The van der Waals surface area contributed by atoms with Crippen molar-refractivity contribution in [3.63, 3.8) is 0 Å². The van der Waals surface area contributed by atoms with Crippen molar-refractivity contribution in [3.05, 3.63) is 56.2 Å². The molecule has 0 radical (unpaired) electrons. The van der Waals surface area contributed by atoms with Gasteiger partial charge in [0.25, 0.3) is 0 Å². The van der Waals surface area contributed by atoms with Crippen LogP contribution >= 0.6 is 27.3 Å². The number of nitrogens with two attached hydrogens (primary N) is 1. The molecule has 2 aromatic rings. The van der Waals surface area contributed by atoms with Gasteiger partial charge in [-0.25, -0.2) is 0 Å². The maximum Gasteiger partial charge on any atom is 0.0314 e. The summed E-state index contributed by atoms with van der Waals surface area (Å²) in [5.41, 5.74) is 8.91. The van der Waals surface area contributed by atoms with Gasteiger partial charge in [0.05, 0.1) is 0 Å². The van der Waals surface area contributed by atoms with E-state index in [1.807, 2.05) is 0 Å². The minimum atomic E-state index is 0.237. The lowest BCUT2D eigenvalue weighted by Crippen LogP contribution is -2.23. The van der Waals surface area contributed by atoms with E-state index in [9.17, 15) is 0 Å². The summed E-state index contributed by atoms with van der Waals surface area (Å²) in [5, 5.41) is 2.10. The second kappa shape index (κ2) is 6.50. The molecule has 0 aliphatic rings. The number of aryl methyl sites for hydroxylation is 2. The lowest BCUT2D eigenvalue weighted by Gasteiger charge is -2.11. The zero-order chi connectivity index (χ0) is 13.0. The van der Waals surface area contributed by atoms with Crippen molar-refractivity contribution in [1.82, 2.24) is 0 Å². The third-order valence-corrected chi connectivity index (χ3v) is 4.97. The Morgan fingerprint density at radius 1 is 1.33 bits per heavy atom. The summed E-state index contributed by atoms with van der Waals surface area (Å²) in [6.45, 7) is 2.13. The minimum Gasteiger partial charge on any atom is -0.327 e. The first-order valence-corrected chi connectivity index (χ1v) is 7.85. The van der Waals surface area contributed by atoms with E-state index in [-0.39, 0.29) is 6.04 Å². The molecule has 1 aromatic carbocycles. The molecule has 96 valence electrons. The lowest BCUT2D eigenvalue weighted by molar-refractivity contribution is 0.614. The van der Waals surface area contributed by atoms with Gasteiger partial charge in [-0.15, -0.1) is 11.3 Å². The smallest absolute Gasteiger partial charge is 0.0314 e. The van der Waals surface area contributed by atoms with Crippen molar-refractivity contribution < 1.29 is 0 Å². The minimum absolute atomic E-state index is 0.237. The fraction of sp³-hybridized carbons (Fsp3) is 0.333. The van der Waals surface area contributed by atoms with E-state index in [2.05, 4.69) is 58.6 Å². The molecule has 1 nitrogen and oxygen atoms in total. The topological polar surface area (TPSA) is 26.0 Å².